The van der Waals surface area contributed by atoms with Gasteiger partial charge in [-0.15, -0.1) is 0 Å². The number of aromatic nitrogens is 1. The lowest BCUT2D eigenvalue weighted by Gasteiger charge is -2.27. The van der Waals surface area contributed by atoms with Gasteiger partial charge in [-0.2, -0.15) is 0 Å². The zero-order valence-electron chi connectivity index (χ0n) is 31.8. The Kier molecular flexibility index (Phi) is 8.19. The van der Waals surface area contributed by atoms with E-state index in [4.69, 9.17) is 0 Å². The first-order chi connectivity index (χ1) is 28.8. The monoisotopic (exact) mass is 738 g/mol. The minimum Gasteiger partial charge on any atom is -0.310 e. The molecule has 0 N–H and O–H groups in total. The van der Waals surface area contributed by atoms with Crippen LogP contribution in [0, 0.1) is 0 Å². The molecule has 1 heterocycles. The average Bonchev–Trinajstić information content (AvgIpc) is 3.66. The van der Waals surface area contributed by atoms with Gasteiger partial charge in [0.05, 0.1) is 22.6 Å². The van der Waals surface area contributed by atoms with Crippen LogP contribution in [0.15, 0.2) is 231 Å². The first-order valence-electron chi connectivity index (χ1n) is 19.9. The van der Waals surface area contributed by atoms with E-state index in [9.17, 15) is 0 Å². The molecule has 0 saturated heterocycles. The van der Waals surface area contributed by atoms with Crippen LogP contribution in [-0.4, -0.2) is 4.57 Å². The topological polar surface area (TPSA) is 8.17 Å². The summed E-state index contributed by atoms with van der Waals surface area (Å²) in [5, 5.41) is 8.54. The van der Waals surface area contributed by atoms with Crippen molar-refractivity contribution in [2.75, 3.05) is 4.90 Å². The molecule has 11 rings (SSSR count). The number of benzene rings is 10. The summed E-state index contributed by atoms with van der Waals surface area (Å²) in [4.78, 5) is 2.37. The van der Waals surface area contributed by atoms with Crippen LogP contribution in [0.3, 0.4) is 0 Å². The number of rotatable bonds is 7. The molecular weight excluding hydrogens is 701 g/mol. The summed E-state index contributed by atoms with van der Waals surface area (Å²) >= 11 is 0. The van der Waals surface area contributed by atoms with E-state index in [-0.39, 0.29) is 0 Å². The third-order valence-corrected chi connectivity index (χ3v) is 11.6. The highest BCUT2D eigenvalue weighted by Gasteiger charge is 2.24. The molecule has 10 aromatic carbocycles. The fourth-order valence-electron chi connectivity index (χ4n) is 9.00. The highest BCUT2D eigenvalue weighted by Crippen LogP contribution is 2.47. The van der Waals surface area contributed by atoms with Gasteiger partial charge < -0.3 is 9.47 Å². The third-order valence-electron chi connectivity index (χ3n) is 11.6. The second-order valence-corrected chi connectivity index (χ2v) is 14.9. The Bertz CT molecular complexity index is 3240. The number of hydrogen-bond donors (Lipinski definition) is 0. The number of para-hydroxylation sites is 1. The summed E-state index contributed by atoms with van der Waals surface area (Å²) in [6, 6.07) is 83.6. The zero-order chi connectivity index (χ0) is 38.4. The standard InChI is InChI=1S/C56H38N2/c1-4-19-42(20-5-1)54-51-38-37-49-46(41-33-35-45(36-34-41)57(44-25-8-3-9-26-44)52-31-14-23-39-17-10-12-27-47(39)52)29-16-30-50(49)56(51)58(55(54)43-21-6-2-7-22-43)53-32-15-24-40-18-11-13-28-48(40)53/h1-38H. The maximum absolute atomic E-state index is 2.53. The largest absolute Gasteiger partial charge is 0.310 e. The number of fused-ring (bicyclic) bond motifs is 5. The van der Waals surface area contributed by atoms with Crippen molar-refractivity contribution in [2.24, 2.45) is 0 Å². The van der Waals surface area contributed by atoms with Crippen LogP contribution in [-0.2, 0) is 0 Å². The van der Waals surface area contributed by atoms with Gasteiger partial charge in [-0.1, -0.05) is 194 Å². The SMILES string of the molecule is c1ccc(-c2c(-c3ccccc3)n(-c3cccc4ccccc34)c3c2ccc2c(-c4ccc(N(c5ccccc5)c5cccc6ccccc56)cc4)cccc23)cc1. The average molecular weight is 739 g/mol. The molecule has 58 heavy (non-hydrogen) atoms. The summed E-state index contributed by atoms with van der Waals surface area (Å²) in [7, 11) is 0. The van der Waals surface area contributed by atoms with Gasteiger partial charge >= 0.3 is 0 Å². The Morgan fingerprint density at radius 3 is 1.59 bits per heavy atom. The summed E-state index contributed by atoms with van der Waals surface area (Å²) in [5.41, 5.74) is 12.9. The predicted octanol–water partition coefficient (Wildman–Crippen LogP) is 15.6. The summed E-state index contributed by atoms with van der Waals surface area (Å²) in [6.07, 6.45) is 0. The van der Waals surface area contributed by atoms with Gasteiger partial charge in [0.1, 0.15) is 0 Å². The first-order valence-corrected chi connectivity index (χ1v) is 19.9. The fraction of sp³-hybridized carbons (Fsp3) is 0. The second kappa shape index (κ2) is 14.1. The lowest BCUT2D eigenvalue weighted by Crippen LogP contribution is -2.10. The van der Waals surface area contributed by atoms with Crippen molar-refractivity contribution in [3.05, 3.63) is 231 Å². The molecule has 1 aromatic heterocycles. The van der Waals surface area contributed by atoms with Gasteiger partial charge in [0, 0.05) is 38.5 Å². The van der Waals surface area contributed by atoms with E-state index < -0.39 is 0 Å². The molecule has 0 aliphatic carbocycles. The highest BCUT2D eigenvalue weighted by atomic mass is 15.1. The van der Waals surface area contributed by atoms with Crippen molar-refractivity contribution in [1.29, 1.82) is 0 Å². The van der Waals surface area contributed by atoms with Gasteiger partial charge in [0.15, 0.2) is 0 Å². The predicted molar refractivity (Wildman–Crippen MR) is 247 cm³/mol. The van der Waals surface area contributed by atoms with E-state index in [1.54, 1.807) is 0 Å². The van der Waals surface area contributed by atoms with E-state index >= 15 is 0 Å². The first kappa shape index (κ1) is 33.6. The lowest BCUT2D eigenvalue weighted by molar-refractivity contribution is 1.16. The molecule has 0 aliphatic rings. The Morgan fingerprint density at radius 1 is 0.310 bits per heavy atom. The van der Waals surface area contributed by atoms with E-state index in [0.717, 1.165) is 17.1 Å². The van der Waals surface area contributed by atoms with E-state index in [0.29, 0.717) is 0 Å². The van der Waals surface area contributed by atoms with Crippen LogP contribution in [0.5, 0.6) is 0 Å². The number of anilines is 3. The van der Waals surface area contributed by atoms with Crippen molar-refractivity contribution in [2.45, 2.75) is 0 Å². The molecule has 2 nitrogen and oxygen atoms in total. The van der Waals surface area contributed by atoms with Crippen molar-refractivity contribution >= 4 is 60.3 Å². The van der Waals surface area contributed by atoms with Gasteiger partial charge in [-0.3, -0.25) is 0 Å². The maximum atomic E-state index is 2.53. The van der Waals surface area contributed by atoms with Crippen LogP contribution in [0.2, 0.25) is 0 Å². The van der Waals surface area contributed by atoms with E-state index in [1.165, 1.54) is 82.4 Å². The quantitative estimate of drug-likeness (QED) is 0.158. The van der Waals surface area contributed by atoms with Gasteiger partial charge in [0.25, 0.3) is 0 Å². The molecule has 0 unspecified atom stereocenters. The molecule has 0 aliphatic heterocycles. The summed E-state index contributed by atoms with van der Waals surface area (Å²) < 4.78 is 2.53. The minimum atomic E-state index is 1.11. The van der Waals surface area contributed by atoms with Crippen molar-refractivity contribution in [1.82, 2.24) is 4.57 Å². The molecule has 0 saturated carbocycles. The molecule has 0 fully saturated rings. The second-order valence-electron chi connectivity index (χ2n) is 14.9. The van der Waals surface area contributed by atoms with Crippen molar-refractivity contribution < 1.29 is 0 Å². The molecule has 2 heteroatoms. The molecule has 0 bridgehead atoms. The molecule has 11 aromatic rings. The molecule has 0 radical (unpaired) electrons. The third kappa shape index (κ3) is 5.57. The van der Waals surface area contributed by atoms with E-state index in [2.05, 4.69) is 240 Å². The maximum Gasteiger partial charge on any atom is 0.0620 e. The van der Waals surface area contributed by atoms with Crippen LogP contribution in [0.25, 0.3) is 82.4 Å². The summed E-state index contributed by atoms with van der Waals surface area (Å²) in [6.45, 7) is 0. The van der Waals surface area contributed by atoms with Crippen molar-refractivity contribution in [3.8, 4) is 39.2 Å². The van der Waals surface area contributed by atoms with Crippen molar-refractivity contribution in [3.63, 3.8) is 0 Å². The Morgan fingerprint density at radius 2 is 0.845 bits per heavy atom. The van der Waals surface area contributed by atoms with Gasteiger partial charge in [-0.05, 0) is 74.8 Å². The van der Waals surface area contributed by atoms with Gasteiger partial charge in [0.2, 0.25) is 0 Å². The van der Waals surface area contributed by atoms with Crippen LogP contribution < -0.4 is 4.90 Å². The molecule has 0 amide bonds. The van der Waals surface area contributed by atoms with Crippen LogP contribution in [0.4, 0.5) is 17.1 Å². The Hall–Kier alpha value is -7.68. The Balaban J connectivity index is 1.15. The number of nitrogens with zero attached hydrogens (tertiary/aromatic N) is 2. The lowest BCUT2D eigenvalue weighted by atomic mass is 9.94. The number of hydrogen-bond acceptors (Lipinski definition) is 1. The molecule has 0 spiro atoms. The minimum absolute atomic E-state index is 1.11. The smallest absolute Gasteiger partial charge is 0.0620 e. The van der Waals surface area contributed by atoms with Crippen LogP contribution in [0.1, 0.15) is 0 Å². The zero-order valence-corrected chi connectivity index (χ0v) is 31.8. The normalized spacial score (nSPS) is 11.4. The summed E-state index contributed by atoms with van der Waals surface area (Å²) in [5.74, 6) is 0. The van der Waals surface area contributed by atoms with Crippen LogP contribution >= 0.6 is 0 Å². The molecular formula is C56H38N2. The van der Waals surface area contributed by atoms with E-state index in [1.807, 2.05) is 0 Å². The molecule has 0 atom stereocenters. The molecule has 272 valence electrons. The fourth-order valence-corrected chi connectivity index (χ4v) is 9.00. The van der Waals surface area contributed by atoms with Gasteiger partial charge in [-0.25, -0.2) is 0 Å². The Labute approximate surface area is 338 Å². The highest BCUT2D eigenvalue weighted by molar-refractivity contribution is 6.19.